The third kappa shape index (κ3) is 9.08. The van der Waals surface area contributed by atoms with Gasteiger partial charge in [0.25, 0.3) is 21.6 Å². The summed E-state index contributed by atoms with van der Waals surface area (Å²) in [5, 5.41) is 17.3. The topological polar surface area (TPSA) is 188 Å². The number of aromatic nitrogens is 2. The van der Waals surface area contributed by atoms with Crippen LogP contribution >= 0.6 is 11.6 Å². The largest absolute Gasteiger partial charge is 0.489 e. The average molecular weight is 979 g/mol. The molecule has 3 N–H and O–H groups in total. The highest BCUT2D eigenvalue weighted by molar-refractivity contribution is 7.90. The molecule has 0 spiro atoms. The van der Waals surface area contributed by atoms with Crippen LogP contribution in [-0.4, -0.2) is 129 Å². The average Bonchev–Trinajstić information content (AvgIpc) is 4.09. The first-order chi connectivity index (χ1) is 33.1. The number of nitrogens with one attached hydrogen (secondary N) is 3. The van der Waals surface area contributed by atoms with Crippen LogP contribution in [0.25, 0.3) is 16.6 Å². The number of carbonyl (C=O) groups is 1. The zero-order chi connectivity index (χ0) is 47.8. The number of halogens is 1. The molecule has 17 nitrogen and oxygen atoms in total. The number of benzene rings is 3. The summed E-state index contributed by atoms with van der Waals surface area (Å²) in [4.78, 5) is 42.9. The Labute approximate surface area is 405 Å². The van der Waals surface area contributed by atoms with E-state index in [0.29, 0.717) is 48.6 Å². The maximum atomic E-state index is 14.5. The van der Waals surface area contributed by atoms with Crippen molar-refractivity contribution >= 4 is 72.6 Å². The molecule has 3 aromatic carbocycles. The number of morpholine rings is 1. The monoisotopic (exact) mass is 977 g/mol. The van der Waals surface area contributed by atoms with E-state index in [0.717, 1.165) is 87.1 Å². The van der Waals surface area contributed by atoms with Crippen LogP contribution < -0.4 is 29.3 Å². The van der Waals surface area contributed by atoms with Crippen molar-refractivity contribution in [3.8, 4) is 11.6 Å². The SMILES string of the molecule is C[C@@H]1CN(c2cc(N3CCN(CC4=C(c5ccc(Cl)cc5)CC(C)(C)CC4)CC3)ccc2C(=O)NS(=O)(=O)c2cc3c(c([N+](=O)[O-])c2)N[C@@H](CN2C[C@H]4C[C@@H]2CO4)CO3)c2cc3cc[nH]c3nc2O1. The van der Waals surface area contributed by atoms with E-state index in [-0.39, 0.29) is 47.3 Å². The standard InChI is InChI=1S/C50H56ClN9O8S/c1-30-24-59(44-18-32-11-13-52-47(32)54-49(44)68-30)42-20-36(57-16-14-56(15-17-57)25-33-10-12-50(2,3)23-41(33)31-4-6-34(51)7-5-31)8-9-40(42)48(61)55-69(64,65)39-21-43(60(62)63)46-45(22-39)67-28-35(53-46)26-58-27-38-19-37(58)29-66-38/h4-9,11,13,18,20-22,30,35,37-38,53H,10,12,14-17,19,23-29H2,1-3H3,(H,52,54)(H,55,61)/t30-,35+,37-,38-/m1/s1. The van der Waals surface area contributed by atoms with Crippen molar-refractivity contribution in [3.05, 3.63) is 105 Å². The van der Waals surface area contributed by atoms with Crippen LogP contribution in [0.4, 0.5) is 28.4 Å². The number of ether oxygens (including phenoxy) is 3. The number of sulfonamides is 1. The smallest absolute Gasteiger partial charge is 0.297 e. The van der Waals surface area contributed by atoms with E-state index >= 15 is 0 Å². The van der Waals surface area contributed by atoms with Crippen LogP contribution in [0, 0.1) is 15.5 Å². The molecule has 2 bridgehead atoms. The normalized spacial score (nSPS) is 23.5. The quantitative estimate of drug-likeness (QED) is 0.0868. The first kappa shape index (κ1) is 45.5. The van der Waals surface area contributed by atoms with Crippen LogP contribution in [0.15, 0.2) is 83.4 Å². The summed E-state index contributed by atoms with van der Waals surface area (Å²) < 4.78 is 48.7. The Kier molecular flexibility index (Phi) is 11.7. The number of amides is 1. The van der Waals surface area contributed by atoms with Gasteiger partial charge in [0, 0.05) is 86.3 Å². The Morgan fingerprint density at radius 2 is 1.83 bits per heavy atom. The molecule has 2 aromatic heterocycles. The molecule has 0 radical (unpaired) electrons. The van der Waals surface area contributed by atoms with Gasteiger partial charge in [-0.15, -0.1) is 0 Å². The Morgan fingerprint density at radius 1 is 1.01 bits per heavy atom. The molecule has 11 rings (SSSR count). The lowest BCUT2D eigenvalue weighted by Crippen LogP contribution is -2.47. The number of carbonyl (C=O) groups excluding carboxylic acids is 1. The van der Waals surface area contributed by atoms with Gasteiger partial charge >= 0.3 is 0 Å². The van der Waals surface area contributed by atoms with Crippen molar-refractivity contribution in [2.45, 2.75) is 75.6 Å². The number of hydrogen-bond acceptors (Lipinski definition) is 14. The number of hydrogen-bond donors (Lipinski definition) is 3. The Hall–Kier alpha value is -5.92. The van der Waals surface area contributed by atoms with E-state index in [1.165, 1.54) is 22.8 Å². The second-order valence-corrected chi connectivity index (χ2v) is 22.2. The van der Waals surface area contributed by atoms with Crippen LogP contribution in [0.1, 0.15) is 62.4 Å². The molecule has 69 heavy (non-hydrogen) atoms. The summed E-state index contributed by atoms with van der Waals surface area (Å²) in [6.45, 7) is 13.1. The molecule has 4 atom stereocenters. The summed E-state index contributed by atoms with van der Waals surface area (Å²) in [5.74, 6) is -0.505. The van der Waals surface area contributed by atoms with Gasteiger partial charge in [-0.2, -0.15) is 4.98 Å². The minimum atomic E-state index is -4.67. The van der Waals surface area contributed by atoms with E-state index < -0.39 is 31.4 Å². The van der Waals surface area contributed by atoms with Crippen molar-refractivity contribution in [3.63, 3.8) is 0 Å². The Bertz CT molecular complexity index is 2990. The number of pyridine rings is 1. The number of fused-ring (bicyclic) bond motifs is 5. The number of allylic oxidation sites excluding steroid dienone is 1. The molecule has 5 aromatic rings. The summed E-state index contributed by atoms with van der Waals surface area (Å²) in [6, 6.07) is 19.7. The summed E-state index contributed by atoms with van der Waals surface area (Å²) in [7, 11) is -4.67. The number of nitro benzene ring substituents is 1. The maximum absolute atomic E-state index is 14.5. The van der Waals surface area contributed by atoms with E-state index in [4.69, 9.17) is 30.8 Å². The van der Waals surface area contributed by atoms with Crippen LogP contribution in [-0.2, 0) is 14.8 Å². The highest BCUT2D eigenvalue weighted by Gasteiger charge is 2.41. The molecule has 3 fully saturated rings. The van der Waals surface area contributed by atoms with Gasteiger partial charge in [-0.25, -0.2) is 13.1 Å². The van der Waals surface area contributed by atoms with Gasteiger partial charge in [-0.1, -0.05) is 43.2 Å². The van der Waals surface area contributed by atoms with Crippen LogP contribution in [0.3, 0.4) is 0 Å². The van der Waals surface area contributed by atoms with Crippen LogP contribution in [0.2, 0.25) is 5.02 Å². The van der Waals surface area contributed by atoms with Gasteiger partial charge in [0.2, 0.25) is 5.88 Å². The third-order valence-electron chi connectivity index (χ3n) is 14.6. The number of nitro groups is 1. The molecule has 0 saturated carbocycles. The van der Waals surface area contributed by atoms with Crippen molar-refractivity contribution in [1.29, 1.82) is 0 Å². The third-order valence-corrected chi connectivity index (χ3v) is 16.2. The number of piperazine rings is 1. The predicted octanol–water partition coefficient (Wildman–Crippen LogP) is 7.59. The molecule has 7 heterocycles. The summed E-state index contributed by atoms with van der Waals surface area (Å²) in [6.07, 6.45) is 5.79. The van der Waals surface area contributed by atoms with Gasteiger partial charge in [0.05, 0.1) is 46.4 Å². The van der Waals surface area contributed by atoms with Gasteiger partial charge < -0.3 is 34.3 Å². The first-order valence-corrected chi connectivity index (χ1v) is 25.6. The van der Waals surface area contributed by atoms with Gasteiger partial charge in [0.1, 0.15) is 24.0 Å². The molecule has 6 aliphatic rings. The van der Waals surface area contributed by atoms with Gasteiger partial charge in [-0.05, 0) is 91.6 Å². The number of H-pyrrole nitrogens is 1. The zero-order valence-electron chi connectivity index (χ0n) is 38.9. The minimum absolute atomic E-state index is 0.0218. The van der Waals surface area contributed by atoms with E-state index in [9.17, 15) is 23.3 Å². The molecule has 0 unspecified atom stereocenters. The second-order valence-electron chi connectivity index (χ2n) is 20.1. The fourth-order valence-corrected chi connectivity index (χ4v) is 12.1. The maximum Gasteiger partial charge on any atom is 0.297 e. The highest BCUT2D eigenvalue weighted by Crippen LogP contribution is 2.45. The zero-order valence-corrected chi connectivity index (χ0v) is 40.4. The molecule has 5 aliphatic heterocycles. The second kappa shape index (κ2) is 17.8. The van der Waals surface area contributed by atoms with Gasteiger partial charge in [-0.3, -0.25) is 24.7 Å². The lowest BCUT2D eigenvalue weighted by atomic mass is 9.72. The summed E-state index contributed by atoms with van der Waals surface area (Å²) in [5.41, 5.74) is 6.67. The molecule has 19 heteroatoms. The number of likely N-dealkylation sites (tertiary alicyclic amines) is 1. The van der Waals surface area contributed by atoms with E-state index in [1.807, 2.05) is 48.2 Å². The van der Waals surface area contributed by atoms with Crippen LogP contribution in [0.5, 0.6) is 11.6 Å². The summed E-state index contributed by atoms with van der Waals surface area (Å²) >= 11 is 6.28. The number of rotatable bonds is 11. The molecular formula is C50H56ClN9O8S. The van der Waals surface area contributed by atoms with E-state index in [2.05, 4.69) is 55.7 Å². The first-order valence-electron chi connectivity index (χ1n) is 23.8. The molecule has 1 amide bonds. The minimum Gasteiger partial charge on any atom is -0.489 e. The Balaban J connectivity index is 0.867. The number of anilines is 4. The lowest BCUT2D eigenvalue weighted by Gasteiger charge is -2.40. The van der Waals surface area contributed by atoms with Gasteiger partial charge in [0.15, 0.2) is 11.4 Å². The predicted molar refractivity (Wildman–Crippen MR) is 265 cm³/mol. The fraction of sp³-hybridized carbons (Fsp3) is 0.440. The molecule has 3 saturated heterocycles. The number of aromatic amines is 1. The van der Waals surface area contributed by atoms with Crippen molar-refractivity contribution in [2.24, 2.45) is 5.41 Å². The lowest BCUT2D eigenvalue weighted by molar-refractivity contribution is -0.384. The highest BCUT2D eigenvalue weighted by atomic mass is 35.5. The fourth-order valence-electron chi connectivity index (χ4n) is 11.0. The molecular weight excluding hydrogens is 922 g/mol. The molecule has 362 valence electrons. The van der Waals surface area contributed by atoms with Crippen molar-refractivity contribution in [2.75, 3.05) is 80.7 Å². The Morgan fingerprint density at radius 3 is 2.58 bits per heavy atom. The van der Waals surface area contributed by atoms with E-state index in [1.54, 1.807) is 12.3 Å². The van der Waals surface area contributed by atoms with Crippen molar-refractivity contribution < 1.29 is 32.3 Å². The van der Waals surface area contributed by atoms with Crippen molar-refractivity contribution in [1.82, 2.24) is 24.5 Å². The molecule has 1 aliphatic carbocycles. The number of nitrogens with zero attached hydrogens (tertiary/aromatic N) is 6.